The molecule has 0 unspecified atom stereocenters. The molecule has 0 aliphatic rings. The number of hydrogen-bond acceptors (Lipinski definition) is 13. The standard InChI is InChI=1S/6C11H6F2N.C9H5F3N3.C8H4F3N4.C6H5NO2.3Ir/c6*12-8-4-5-9(10(13)7-8)11-3-1-2-6-14-11;10-9(11,12)8-5-7(14-15-8)6-3-1-2-4-13-6;9-8(10,11)7-13-6(14-15-7)5-3-1-2-4-12-5;8-6(9)5-3-1-2-4-7-5;;;/h6*1-4,6-7H;1-5H;1-4H;1-4H,(H,8,9);;;/q8*-1;;;2*+3. The van der Waals surface area contributed by atoms with Crippen LogP contribution in [0.3, 0.4) is 0 Å². The van der Waals surface area contributed by atoms with E-state index in [0.29, 0.717) is 39.9 Å². The van der Waals surface area contributed by atoms with Crippen LogP contribution in [0.15, 0.2) is 298 Å². The second-order valence-electron chi connectivity index (χ2n) is 23.6. The minimum atomic E-state index is -4.57. The van der Waals surface area contributed by atoms with E-state index >= 15 is 0 Å². The quantitative estimate of drug-likeness (QED) is 0.105. The zero-order valence-electron chi connectivity index (χ0n) is 63.2. The number of nitrogens with zero attached hydrogens (tertiary/aromatic N) is 14. The Morgan fingerprint density at radius 3 is 0.714 bits per heavy atom. The van der Waals surface area contributed by atoms with Gasteiger partial charge in [-0.2, -0.15) is 26.3 Å². The zero-order valence-corrected chi connectivity index (χ0v) is 70.4. The summed E-state index contributed by atoms with van der Waals surface area (Å²) in [6.45, 7) is 0. The van der Waals surface area contributed by atoms with Gasteiger partial charge in [0.25, 0.3) is 0 Å². The molecule has 0 atom stereocenters. The molecule has 0 spiro atoms. The second-order valence-corrected chi connectivity index (χ2v) is 23.6. The van der Waals surface area contributed by atoms with Gasteiger partial charge in [0.05, 0.1) is 5.69 Å². The van der Waals surface area contributed by atoms with Crippen LogP contribution in [-0.4, -0.2) is 71.1 Å². The van der Waals surface area contributed by atoms with Gasteiger partial charge in [-0.25, -0.2) is 9.78 Å². The maximum absolute atomic E-state index is 13.2. The van der Waals surface area contributed by atoms with Gasteiger partial charge in [0.1, 0.15) is 17.2 Å². The van der Waals surface area contributed by atoms with Crippen LogP contribution in [0.4, 0.5) is 79.0 Å². The van der Waals surface area contributed by atoms with E-state index in [1.807, 2.05) is 0 Å². The number of alkyl halides is 6. The molecule has 17 aromatic rings. The summed E-state index contributed by atoms with van der Waals surface area (Å²) in [5, 5.41) is 21.0. The molecule has 0 bridgehead atoms. The number of carboxylic acids is 1. The fourth-order valence-electron chi connectivity index (χ4n) is 9.44. The van der Waals surface area contributed by atoms with Crippen molar-refractivity contribution in [3.63, 3.8) is 0 Å². The van der Waals surface area contributed by atoms with Gasteiger partial charge in [0.15, 0.2) is 0 Å². The van der Waals surface area contributed by atoms with Gasteiger partial charge >= 0.3 is 58.5 Å². The van der Waals surface area contributed by atoms with E-state index in [1.54, 1.807) is 189 Å². The first kappa shape index (κ1) is 101. The van der Waals surface area contributed by atoms with Crippen molar-refractivity contribution in [1.82, 2.24) is 70.2 Å². The number of benzene rings is 6. The first-order chi connectivity index (χ1) is 59.1. The third-order valence-electron chi connectivity index (χ3n) is 14.9. The van der Waals surface area contributed by atoms with Crippen molar-refractivity contribution in [1.29, 1.82) is 0 Å². The van der Waals surface area contributed by atoms with Crippen LogP contribution in [0.2, 0.25) is 0 Å². The van der Waals surface area contributed by atoms with Crippen LogP contribution in [0.5, 0.6) is 0 Å². The fourth-order valence-corrected chi connectivity index (χ4v) is 9.44. The molecule has 16 nitrogen and oxygen atoms in total. The summed E-state index contributed by atoms with van der Waals surface area (Å²) < 4.78 is 228. The minimum Gasteiger partial charge on any atom is -0.573 e. The molecule has 0 aliphatic carbocycles. The molecular weight excluding hydrogens is 2220 g/mol. The van der Waals surface area contributed by atoms with Crippen molar-refractivity contribution in [2.45, 2.75) is 12.4 Å². The van der Waals surface area contributed by atoms with Crippen molar-refractivity contribution in [3.05, 3.63) is 422 Å². The van der Waals surface area contributed by atoms with E-state index in [0.717, 1.165) is 78.9 Å². The van der Waals surface area contributed by atoms with Crippen molar-refractivity contribution >= 4 is 5.97 Å². The molecule has 643 valence electrons. The van der Waals surface area contributed by atoms with Crippen LogP contribution >= 0.6 is 0 Å². The number of pyridine rings is 9. The van der Waals surface area contributed by atoms with Gasteiger partial charge in [0.2, 0.25) is 0 Å². The Hall–Kier alpha value is -13.8. The number of rotatable bonds is 9. The van der Waals surface area contributed by atoms with Crippen LogP contribution in [0, 0.1) is 106 Å². The molecule has 0 fully saturated rings. The van der Waals surface area contributed by atoms with E-state index in [4.69, 9.17) is 5.11 Å². The predicted molar refractivity (Wildman–Crippen MR) is 411 cm³/mol. The molecule has 0 saturated carbocycles. The van der Waals surface area contributed by atoms with Crippen molar-refractivity contribution in [2.75, 3.05) is 0 Å². The zero-order chi connectivity index (χ0) is 88.3. The first-order valence-corrected chi connectivity index (χ1v) is 34.8. The fraction of sp³-hybridized carbons (Fsp3) is 0.0225. The smallest absolute Gasteiger partial charge is 0.573 e. The summed E-state index contributed by atoms with van der Waals surface area (Å²) in [6.07, 6.45) is 4.63. The Morgan fingerprint density at radius 1 is 0.294 bits per heavy atom. The van der Waals surface area contributed by atoms with E-state index in [-0.39, 0.29) is 117 Å². The van der Waals surface area contributed by atoms with Crippen LogP contribution in [0.25, 0.3) is 90.5 Å². The Balaban J connectivity index is 0.000000219. The number of aromatic carboxylic acids is 1. The number of aromatic nitrogens is 14. The van der Waals surface area contributed by atoms with Gasteiger partial charge < -0.3 is 55.3 Å². The molecule has 37 heteroatoms. The van der Waals surface area contributed by atoms with Gasteiger partial charge in [-0.05, 0) is 119 Å². The molecule has 17 rings (SSSR count). The summed E-state index contributed by atoms with van der Waals surface area (Å²) in [5.41, 5.74) is 3.67. The molecule has 6 aromatic carbocycles. The summed E-state index contributed by atoms with van der Waals surface area (Å²) in [5.74, 6) is -10.1. The average Bonchev–Trinajstić information content (AvgIpc) is 1.86. The molecule has 126 heavy (non-hydrogen) atoms. The van der Waals surface area contributed by atoms with Gasteiger partial charge in [0, 0.05) is 151 Å². The van der Waals surface area contributed by atoms with Crippen molar-refractivity contribution in [2.24, 2.45) is 0 Å². The Kier molecular flexibility index (Phi) is 40.6. The Morgan fingerprint density at radius 2 is 0.532 bits per heavy atom. The second kappa shape index (κ2) is 50.7. The summed E-state index contributed by atoms with van der Waals surface area (Å²) >= 11 is 0. The molecule has 1 radical (unpaired) electrons. The maximum atomic E-state index is 13.2. The van der Waals surface area contributed by atoms with E-state index < -0.39 is 99.6 Å². The monoisotopic (exact) mass is 2270 g/mol. The average molecular weight is 2270 g/mol. The van der Waals surface area contributed by atoms with Gasteiger partial charge in [-0.15, -0.1) is 72.8 Å². The molecule has 0 aliphatic heterocycles. The summed E-state index contributed by atoms with van der Waals surface area (Å²) in [7, 11) is 0. The van der Waals surface area contributed by atoms with Crippen LogP contribution in [0.1, 0.15) is 22.0 Å². The largest absolute Gasteiger partial charge is 3.00 e. The van der Waals surface area contributed by atoms with Crippen molar-refractivity contribution in [3.8, 4) is 90.5 Å². The minimum absolute atomic E-state index is 0. The van der Waals surface area contributed by atoms with E-state index in [1.165, 1.54) is 30.7 Å². The number of carbonyl (C=O) groups is 1. The third kappa shape index (κ3) is 32.1. The van der Waals surface area contributed by atoms with Crippen molar-refractivity contribution < 1.29 is 149 Å². The Bertz CT molecular complexity index is 5370. The molecule has 11 aromatic heterocycles. The number of halogens is 18. The topological polar surface area (TPSA) is 220 Å². The molecule has 1 N–H and O–H groups in total. The summed E-state index contributed by atoms with van der Waals surface area (Å²) in [6, 6.07) is 72.5. The molecule has 11 heterocycles. The van der Waals surface area contributed by atoms with Crippen LogP contribution in [-0.2, 0) is 72.7 Å². The number of hydrogen-bond donors (Lipinski definition) is 1. The Labute approximate surface area is 745 Å². The SMILES string of the molecule is FC(F)(F)c1cc(-c2ccccn2)[n-]n1.FC(F)(F)c1n[n-]c(-c2ccccn2)n1.Fc1c[c-]c(-c2ccccn2)c(F)c1.Fc1c[c-]c(-c2ccccn2)c(F)c1.Fc1c[c-]c(-c2ccccn2)c(F)c1.Fc1c[c-]c(-c2ccccn2)c(F)c1.Fc1c[c-]c(-c2ccccn2)c(F)c1.Fc1c[c-]c(-c2ccccn2)c(F)c1.O=C(O)c1ccccn1.[Ir+3].[Ir+3].[Ir]. The molecule has 0 saturated heterocycles. The first-order valence-electron chi connectivity index (χ1n) is 34.8. The maximum Gasteiger partial charge on any atom is 3.00 e. The summed E-state index contributed by atoms with van der Waals surface area (Å²) in [4.78, 5) is 48.3. The number of carboxylic acid groups (broad SMARTS) is 1. The van der Waals surface area contributed by atoms with Crippen LogP contribution < -0.4 is 10.2 Å². The van der Waals surface area contributed by atoms with E-state index in [2.05, 4.69) is 107 Å². The normalized spacial score (nSPS) is 10.2. The predicted octanol–water partition coefficient (Wildman–Crippen LogP) is 21.4. The van der Waals surface area contributed by atoms with E-state index in [9.17, 15) is 83.8 Å². The third-order valence-corrected chi connectivity index (χ3v) is 14.9. The molecular formula is C89H50F18Ir3N14O2-2. The van der Waals surface area contributed by atoms with Gasteiger partial charge in [-0.3, -0.25) is 67.8 Å². The van der Waals surface area contributed by atoms with Gasteiger partial charge in [-0.1, -0.05) is 166 Å². The molecule has 0 amide bonds.